The summed E-state index contributed by atoms with van der Waals surface area (Å²) in [5, 5.41) is 3.58. The Morgan fingerprint density at radius 2 is 2.17 bits per heavy atom. The first-order chi connectivity index (χ1) is 8.60. The number of ether oxygens (including phenoxy) is 1. The van der Waals surface area contributed by atoms with Crippen LogP contribution in [0.15, 0.2) is 18.2 Å². The summed E-state index contributed by atoms with van der Waals surface area (Å²) in [5.74, 6) is 0.825. The predicted molar refractivity (Wildman–Crippen MR) is 71.3 cm³/mol. The van der Waals surface area contributed by atoms with Crippen molar-refractivity contribution in [3.63, 3.8) is 0 Å². The molecule has 1 N–H and O–H groups in total. The molecule has 0 bridgehead atoms. The average molecular weight is 251 g/mol. The Balaban J connectivity index is 2.00. The highest BCUT2D eigenvalue weighted by Gasteiger charge is 2.22. The molecule has 0 saturated heterocycles. The minimum Gasteiger partial charge on any atom is -0.494 e. The molecule has 18 heavy (non-hydrogen) atoms. The molecule has 1 saturated carbocycles. The van der Waals surface area contributed by atoms with Gasteiger partial charge >= 0.3 is 0 Å². The first-order valence-electron chi connectivity index (χ1n) is 6.69. The number of methoxy groups -OCH3 is 1. The third kappa shape index (κ3) is 3.02. The van der Waals surface area contributed by atoms with Crippen molar-refractivity contribution in [3.8, 4) is 5.75 Å². The summed E-state index contributed by atoms with van der Waals surface area (Å²) in [6.45, 7) is 4.38. The van der Waals surface area contributed by atoms with Crippen LogP contribution in [0, 0.1) is 11.7 Å². The van der Waals surface area contributed by atoms with Gasteiger partial charge in [0.05, 0.1) is 7.11 Å². The van der Waals surface area contributed by atoms with E-state index in [-0.39, 0.29) is 11.9 Å². The van der Waals surface area contributed by atoms with Crippen LogP contribution in [-0.4, -0.2) is 13.2 Å². The second-order valence-corrected chi connectivity index (χ2v) is 5.40. The standard InChI is InChI=1S/C15H22FNO/c1-10-4-6-13(8-10)17-11(2)12-5-7-15(18-3)14(16)9-12/h5,7,9-11,13,17H,4,6,8H2,1-3H3. The van der Waals surface area contributed by atoms with Gasteiger partial charge in [-0.2, -0.15) is 0 Å². The van der Waals surface area contributed by atoms with E-state index in [0.29, 0.717) is 11.8 Å². The molecule has 1 aromatic carbocycles. The van der Waals surface area contributed by atoms with E-state index in [1.165, 1.54) is 26.4 Å². The van der Waals surface area contributed by atoms with Crippen LogP contribution < -0.4 is 10.1 Å². The molecule has 0 amide bonds. The number of nitrogens with one attached hydrogen (secondary N) is 1. The van der Waals surface area contributed by atoms with Crippen LogP contribution in [0.1, 0.15) is 44.7 Å². The van der Waals surface area contributed by atoms with E-state index in [9.17, 15) is 4.39 Å². The molecular weight excluding hydrogens is 229 g/mol. The Kier molecular flexibility index (Phi) is 4.23. The van der Waals surface area contributed by atoms with Gasteiger partial charge in [0.2, 0.25) is 0 Å². The van der Waals surface area contributed by atoms with E-state index in [0.717, 1.165) is 11.5 Å². The van der Waals surface area contributed by atoms with E-state index >= 15 is 0 Å². The molecule has 2 rings (SSSR count). The van der Waals surface area contributed by atoms with Gasteiger partial charge in [0, 0.05) is 12.1 Å². The Hall–Kier alpha value is -1.09. The van der Waals surface area contributed by atoms with Crippen LogP contribution in [0.25, 0.3) is 0 Å². The van der Waals surface area contributed by atoms with Crippen LogP contribution in [-0.2, 0) is 0 Å². The summed E-state index contributed by atoms with van der Waals surface area (Å²) in [5.41, 5.74) is 0.979. The zero-order valence-corrected chi connectivity index (χ0v) is 11.4. The summed E-state index contributed by atoms with van der Waals surface area (Å²) >= 11 is 0. The lowest BCUT2D eigenvalue weighted by Crippen LogP contribution is -2.29. The SMILES string of the molecule is COc1ccc(C(C)NC2CCC(C)C2)cc1F. The number of benzene rings is 1. The van der Waals surface area contributed by atoms with E-state index in [4.69, 9.17) is 4.74 Å². The minimum absolute atomic E-state index is 0.181. The number of hydrogen-bond acceptors (Lipinski definition) is 2. The number of halogens is 1. The summed E-state index contributed by atoms with van der Waals surface area (Å²) in [6.07, 6.45) is 3.74. The zero-order valence-electron chi connectivity index (χ0n) is 11.4. The van der Waals surface area contributed by atoms with Crippen molar-refractivity contribution in [3.05, 3.63) is 29.6 Å². The molecule has 1 fully saturated rings. The monoisotopic (exact) mass is 251 g/mol. The number of hydrogen-bond donors (Lipinski definition) is 1. The summed E-state index contributed by atoms with van der Waals surface area (Å²) < 4.78 is 18.6. The molecule has 3 heteroatoms. The third-order valence-electron chi connectivity index (χ3n) is 3.86. The van der Waals surface area contributed by atoms with Crippen LogP contribution in [0.2, 0.25) is 0 Å². The molecule has 1 aliphatic rings. The summed E-state index contributed by atoms with van der Waals surface area (Å²) in [7, 11) is 1.49. The van der Waals surface area contributed by atoms with Gasteiger partial charge in [0.25, 0.3) is 0 Å². The smallest absolute Gasteiger partial charge is 0.165 e. The lowest BCUT2D eigenvalue weighted by atomic mass is 10.1. The van der Waals surface area contributed by atoms with Gasteiger partial charge in [0.15, 0.2) is 11.6 Å². The van der Waals surface area contributed by atoms with Crippen LogP contribution in [0.3, 0.4) is 0 Å². The van der Waals surface area contributed by atoms with Gasteiger partial charge in [-0.05, 0) is 49.8 Å². The molecule has 0 aliphatic heterocycles. The summed E-state index contributed by atoms with van der Waals surface area (Å²) in [6, 6.07) is 5.94. The van der Waals surface area contributed by atoms with E-state index in [1.807, 2.05) is 6.07 Å². The fourth-order valence-corrected chi connectivity index (χ4v) is 2.76. The molecule has 2 nitrogen and oxygen atoms in total. The number of rotatable bonds is 4. The molecule has 3 unspecified atom stereocenters. The topological polar surface area (TPSA) is 21.3 Å². The second-order valence-electron chi connectivity index (χ2n) is 5.40. The highest BCUT2D eigenvalue weighted by Crippen LogP contribution is 2.28. The quantitative estimate of drug-likeness (QED) is 0.881. The van der Waals surface area contributed by atoms with Crippen molar-refractivity contribution in [1.82, 2.24) is 5.32 Å². The molecule has 0 heterocycles. The van der Waals surface area contributed by atoms with Gasteiger partial charge < -0.3 is 10.1 Å². The largest absolute Gasteiger partial charge is 0.494 e. The Bertz CT molecular complexity index is 407. The van der Waals surface area contributed by atoms with Crippen molar-refractivity contribution < 1.29 is 9.13 Å². The maximum atomic E-state index is 13.6. The fourth-order valence-electron chi connectivity index (χ4n) is 2.76. The highest BCUT2D eigenvalue weighted by atomic mass is 19.1. The molecule has 0 spiro atoms. The molecule has 100 valence electrons. The van der Waals surface area contributed by atoms with Crippen molar-refractivity contribution in [2.45, 2.75) is 45.2 Å². The first kappa shape index (κ1) is 13.3. The zero-order chi connectivity index (χ0) is 13.1. The third-order valence-corrected chi connectivity index (χ3v) is 3.86. The molecule has 1 aliphatic carbocycles. The van der Waals surface area contributed by atoms with E-state index < -0.39 is 0 Å². The van der Waals surface area contributed by atoms with E-state index in [1.54, 1.807) is 12.1 Å². The van der Waals surface area contributed by atoms with Crippen LogP contribution in [0.5, 0.6) is 5.75 Å². The molecule has 0 aromatic heterocycles. The van der Waals surface area contributed by atoms with Crippen molar-refractivity contribution >= 4 is 0 Å². The second kappa shape index (κ2) is 5.70. The van der Waals surface area contributed by atoms with Crippen LogP contribution in [0.4, 0.5) is 4.39 Å². The van der Waals surface area contributed by atoms with Gasteiger partial charge in [-0.1, -0.05) is 13.0 Å². The molecule has 0 radical (unpaired) electrons. The predicted octanol–water partition coefficient (Wildman–Crippen LogP) is 3.67. The normalized spacial score (nSPS) is 25.1. The molecule has 1 aromatic rings. The van der Waals surface area contributed by atoms with Crippen molar-refractivity contribution in [2.24, 2.45) is 5.92 Å². The van der Waals surface area contributed by atoms with Gasteiger partial charge in [-0.25, -0.2) is 4.39 Å². The highest BCUT2D eigenvalue weighted by molar-refractivity contribution is 5.30. The lowest BCUT2D eigenvalue weighted by Gasteiger charge is -2.20. The van der Waals surface area contributed by atoms with Crippen LogP contribution >= 0.6 is 0 Å². The molecule has 3 atom stereocenters. The van der Waals surface area contributed by atoms with Gasteiger partial charge in [-0.3, -0.25) is 0 Å². The maximum absolute atomic E-state index is 13.6. The Morgan fingerprint density at radius 3 is 2.72 bits per heavy atom. The lowest BCUT2D eigenvalue weighted by molar-refractivity contribution is 0.384. The first-order valence-corrected chi connectivity index (χ1v) is 6.69. The average Bonchev–Trinajstić information content (AvgIpc) is 2.74. The Morgan fingerprint density at radius 1 is 1.39 bits per heavy atom. The Labute approximate surface area is 109 Å². The maximum Gasteiger partial charge on any atom is 0.165 e. The van der Waals surface area contributed by atoms with E-state index in [2.05, 4.69) is 19.2 Å². The summed E-state index contributed by atoms with van der Waals surface area (Å²) in [4.78, 5) is 0. The van der Waals surface area contributed by atoms with Gasteiger partial charge in [0.1, 0.15) is 0 Å². The van der Waals surface area contributed by atoms with Crippen molar-refractivity contribution in [2.75, 3.05) is 7.11 Å². The molecular formula is C15H22FNO. The van der Waals surface area contributed by atoms with Gasteiger partial charge in [-0.15, -0.1) is 0 Å². The fraction of sp³-hybridized carbons (Fsp3) is 0.600. The minimum atomic E-state index is -0.288. The van der Waals surface area contributed by atoms with Crippen molar-refractivity contribution in [1.29, 1.82) is 0 Å².